The molecule has 1 nitrogen and oxygen atoms in total. The highest BCUT2D eigenvalue weighted by Crippen LogP contribution is 2.40. The van der Waals surface area contributed by atoms with Crippen molar-refractivity contribution >= 4 is 32.8 Å². The zero-order chi connectivity index (χ0) is 12.3. The van der Waals surface area contributed by atoms with E-state index in [0.29, 0.717) is 0 Å². The predicted molar refractivity (Wildman–Crippen MR) is 73.5 cm³/mol. The average molecular weight is 310 g/mol. The largest absolute Gasteiger partial charge is 0.279 e. The van der Waals surface area contributed by atoms with Crippen LogP contribution in [0.2, 0.25) is 0 Å². The molecule has 2 aromatic rings. The van der Waals surface area contributed by atoms with E-state index in [9.17, 15) is 4.79 Å². The molecular formula is C14H10BrClO. The summed E-state index contributed by atoms with van der Waals surface area (Å²) in [5.41, 5.74) is 1.65. The fourth-order valence-electron chi connectivity index (χ4n) is 1.73. The molecule has 0 spiro atoms. The summed E-state index contributed by atoms with van der Waals surface area (Å²) in [6, 6.07) is 18.8. The molecule has 3 heteroatoms. The molecule has 0 amide bonds. The monoisotopic (exact) mass is 308 g/mol. The second-order valence-electron chi connectivity index (χ2n) is 3.66. The molecule has 2 aromatic carbocycles. The van der Waals surface area contributed by atoms with Gasteiger partial charge in [-0.15, -0.1) is 0 Å². The van der Waals surface area contributed by atoms with Crippen LogP contribution in [-0.2, 0) is 9.12 Å². The molecule has 0 atom stereocenters. The summed E-state index contributed by atoms with van der Waals surface area (Å²) in [4.78, 5) is 11.8. The summed E-state index contributed by atoms with van der Waals surface area (Å²) < 4.78 is -0.975. The van der Waals surface area contributed by atoms with E-state index < -0.39 is 9.57 Å². The lowest BCUT2D eigenvalue weighted by Gasteiger charge is -2.24. The van der Waals surface area contributed by atoms with Crippen LogP contribution in [0.1, 0.15) is 11.1 Å². The van der Waals surface area contributed by atoms with Crippen molar-refractivity contribution in [3.05, 3.63) is 71.8 Å². The summed E-state index contributed by atoms with van der Waals surface area (Å²) in [6.45, 7) is 0. The lowest BCUT2D eigenvalue weighted by atomic mass is 9.92. The summed E-state index contributed by atoms with van der Waals surface area (Å²) in [5, 5.41) is -0.449. The molecule has 0 saturated heterocycles. The summed E-state index contributed by atoms with van der Waals surface area (Å²) in [7, 11) is 0. The zero-order valence-electron chi connectivity index (χ0n) is 8.94. The van der Waals surface area contributed by atoms with Gasteiger partial charge >= 0.3 is 0 Å². The van der Waals surface area contributed by atoms with Gasteiger partial charge in [0, 0.05) is 0 Å². The molecule has 0 aromatic heterocycles. The summed E-state index contributed by atoms with van der Waals surface area (Å²) >= 11 is 9.25. The normalized spacial score (nSPS) is 11.2. The Labute approximate surface area is 114 Å². The molecule has 86 valence electrons. The first-order chi connectivity index (χ1) is 8.15. The fraction of sp³-hybridized carbons (Fsp3) is 0.0714. The first-order valence-electron chi connectivity index (χ1n) is 5.15. The molecule has 2 rings (SSSR count). The van der Waals surface area contributed by atoms with Gasteiger partial charge < -0.3 is 0 Å². The second-order valence-corrected chi connectivity index (χ2v) is 5.20. The Morgan fingerprint density at radius 1 is 0.882 bits per heavy atom. The van der Waals surface area contributed by atoms with Crippen LogP contribution < -0.4 is 0 Å². The van der Waals surface area contributed by atoms with Crippen molar-refractivity contribution in [2.45, 2.75) is 4.32 Å². The molecule has 17 heavy (non-hydrogen) atoms. The van der Waals surface area contributed by atoms with E-state index >= 15 is 0 Å². The average Bonchev–Trinajstić information content (AvgIpc) is 2.39. The van der Waals surface area contributed by atoms with E-state index in [4.69, 9.17) is 11.6 Å². The molecule has 0 bridgehead atoms. The highest BCUT2D eigenvalue weighted by molar-refractivity contribution is 9.10. The van der Waals surface area contributed by atoms with Crippen LogP contribution >= 0.6 is 27.5 Å². The number of alkyl halides is 1. The Morgan fingerprint density at radius 3 is 1.53 bits per heavy atom. The molecule has 0 aliphatic carbocycles. The van der Waals surface area contributed by atoms with Crippen molar-refractivity contribution in [3.8, 4) is 0 Å². The van der Waals surface area contributed by atoms with Crippen molar-refractivity contribution < 1.29 is 4.79 Å². The van der Waals surface area contributed by atoms with Gasteiger partial charge in [-0.05, 0) is 22.7 Å². The van der Waals surface area contributed by atoms with Crippen molar-refractivity contribution in [3.63, 3.8) is 0 Å². The SMILES string of the molecule is O=C(Cl)C(Br)(c1ccccc1)c1ccccc1. The highest BCUT2D eigenvalue weighted by atomic mass is 79.9. The lowest BCUT2D eigenvalue weighted by Crippen LogP contribution is -2.26. The van der Waals surface area contributed by atoms with E-state index in [2.05, 4.69) is 15.9 Å². The maximum Gasteiger partial charge on any atom is 0.247 e. The minimum absolute atomic E-state index is 0.449. The van der Waals surface area contributed by atoms with Gasteiger partial charge in [-0.1, -0.05) is 76.6 Å². The van der Waals surface area contributed by atoms with Gasteiger partial charge in [-0.2, -0.15) is 0 Å². The third-order valence-electron chi connectivity index (χ3n) is 2.61. The molecule has 0 N–H and O–H groups in total. The van der Waals surface area contributed by atoms with Crippen LogP contribution in [0.25, 0.3) is 0 Å². The van der Waals surface area contributed by atoms with E-state index in [1.165, 1.54) is 0 Å². The molecule has 0 heterocycles. The molecule has 0 saturated carbocycles. The van der Waals surface area contributed by atoms with E-state index in [1.54, 1.807) is 0 Å². The number of halogens is 2. The van der Waals surface area contributed by atoms with Gasteiger partial charge in [-0.3, -0.25) is 4.79 Å². The quantitative estimate of drug-likeness (QED) is 0.616. The van der Waals surface area contributed by atoms with Crippen molar-refractivity contribution in [2.24, 2.45) is 0 Å². The minimum Gasteiger partial charge on any atom is -0.279 e. The summed E-state index contributed by atoms with van der Waals surface area (Å²) in [5.74, 6) is 0. The van der Waals surface area contributed by atoms with Gasteiger partial charge in [0.05, 0.1) is 0 Å². The Hall–Kier alpha value is -1.12. The first-order valence-corrected chi connectivity index (χ1v) is 6.32. The zero-order valence-corrected chi connectivity index (χ0v) is 11.3. The van der Waals surface area contributed by atoms with Gasteiger partial charge in [0.1, 0.15) is 4.32 Å². The fourth-order valence-corrected chi connectivity index (χ4v) is 2.48. The van der Waals surface area contributed by atoms with Crippen molar-refractivity contribution in [1.29, 1.82) is 0 Å². The van der Waals surface area contributed by atoms with Crippen LogP contribution in [-0.4, -0.2) is 5.24 Å². The Kier molecular flexibility index (Phi) is 3.65. The van der Waals surface area contributed by atoms with E-state index in [1.807, 2.05) is 60.7 Å². The van der Waals surface area contributed by atoms with Crippen molar-refractivity contribution in [1.82, 2.24) is 0 Å². The minimum atomic E-state index is -0.975. The van der Waals surface area contributed by atoms with E-state index in [-0.39, 0.29) is 0 Å². The number of benzene rings is 2. The van der Waals surface area contributed by atoms with Gasteiger partial charge in [0.2, 0.25) is 5.24 Å². The predicted octanol–water partition coefficient (Wildman–Crippen LogP) is 4.09. The molecule has 0 unspecified atom stereocenters. The molecule has 0 radical (unpaired) electrons. The number of hydrogen-bond acceptors (Lipinski definition) is 1. The lowest BCUT2D eigenvalue weighted by molar-refractivity contribution is -0.112. The molecule has 0 aliphatic rings. The standard InChI is InChI=1S/C14H10BrClO/c15-14(13(16)17,11-7-3-1-4-8-11)12-9-5-2-6-10-12/h1-10H. The topological polar surface area (TPSA) is 17.1 Å². The van der Waals surface area contributed by atoms with Gasteiger partial charge in [-0.25, -0.2) is 0 Å². The van der Waals surface area contributed by atoms with Gasteiger partial charge in [0.25, 0.3) is 0 Å². The summed E-state index contributed by atoms with van der Waals surface area (Å²) in [6.07, 6.45) is 0. The van der Waals surface area contributed by atoms with Gasteiger partial charge in [0.15, 0.2) is 0 Å². The number of hydrogen-bond donors (Lipinski definition) is 0. The van der Waals surface area contributed by atoms with Crippen LogP contribution in [0.15, 0.2) is 60.7 Å². The number of carbonyl (C=O) groups excluding carboxylic acids is 1. The number of carbonyl (C=O) groups is 1. The second kappa shape index (κ2) is 5.03. The Morgan fingerprint density at radius 2 is 1.24 bits per heavy atom. The van der Waals surface area contributed by atoms with Crippen LogP contribution in [0, 0.1) is 0 Å². The maximum absolute atomic E-state index is 11.8. The third-order valence-corrected chi connectivity index (χ3v) is 4.40. The molecular weight excluding hydrogens is 300 g/mol. The first kappa shape index (κ1) is 12.3. The smallest absolute Gasteiger partial charge is 0.247 e. The molecule has 0 fully saturated rings. The molecule has 0 aliphatic heterocycles. The highest BCUT2D eigenvalue weighted by Gasteiger charge is 2.37. The van der Waals surface area contributed by atoms with E-state index in [0.717, 1.165) is 11.1 Å². The van der Waals surface area contributed by atoms with Crippen LogP contribution in [0.4, 0.5) is 0 Å². The Bertz CT molecular complexity index is 471. The number of rotatable bonds is 3. The maximum atomic E-state index is 11.8. The third kappa shape index (κ3) is 2.28. The van der Waals surface area contributed by atoms with Crippen molar-refractivity contribution in [2.75, 3.05) is 0 Å². The van der Waals surface area contributed by atoms with Crippen LogP contribution in [0.5, 0.6) is 0 Å². The van der Waals surface area contributed by atoms with Crippen LogP contribution in [0.3, 0.4) is 0 Å². The Balaban J connectivity index is 2.59.